The van der Waals surface area contributed by atoms with E-state index in [0.29, 0.717) is 31.1 Å². The Morgan fingerprint density at radius 2 is 1.74 bits per heavy atom. The number of aromatic nitrogens is 1. The van der Waals surface area contributed by atoms with Crippen molar-refractivity contribution in [3.8, 4) is 5.75 Å². The highest BCUT2D eigenvalue weighted by Gasteiger charge is 2.25. The Kier molecular flexibility index (Phi) is 10.2. The van der Waals surface area contributed by atoms with Crippen molar-refractivity contribution in [2.24, 2.45) is 5.73 Å². The van der Waals surface area contributed by atoms with Crippen LogP contribution in [-0.4, -0.2) is 48.8 Å². The van der Waals surface area contributed by atoms with Crippen LogP contribution in [0.3, 0.4) is 0 Å². The van der Waals surface area contributed by atoms with Crippen molar-refractivity contribution >= 4 is 16.9 Å². The molecule has 0 saturated carbocycles. The molecule has 222 valence electrons. The Balaban J connectivity index is 1.09. The van der Waals surface area contributed by atoms with Gasteiger partial charge in [0.1, 0.15) is 11.6 Å². The minimum absolute atomic E-state index is 0.0152. The Morgan fingerprint density at radius 3 is 2.50 bits per heavy atom. The first-order chi connectivity index (χ1) is 20.5. The van der Waals surface area contributed by atoms with E-state index in [9.17, 15) is 14.3 Å². The van der Waals surface area contributed by atoms with Gasteiger partial charge in [0.05, 0.1) is 12.3 Å². The second-order valence-corrected chi connectivity index (χ2v) is 11.2. The Morgan fingerprint density at radius 1 is 1.00 bits per heavy atom. The smallest absolute Gasteiger partial charge is 0.170 e. The number of nitrogens with two attached hydrogens (primary N) is 1. The van der Waals surface area contributed by atoms with E-state index in [1.54, 1.807) is 6.07 Å². The number of carboxylic acids is 1. The highest BCUT2D eigenvalue weighted by molar-refractivity contribution is 5.79. The predicted molar refractivity (Wildman–Crippen MR) is 159 cm³/mol. The summed E-state index contributed by atoms with van der Waals surface area (Å²) in [7, 11) is 0. The number of hydrogen-bond acceptors (Lipinski definition) is 7. The fourth-order valence-corrected chi connectivity index (χ4v) is 5.94. The number of likely N-dealkylation sites (tertiary alicyclic amines) is 1. The molecule has 5 rings (SSSR count). The Labute approximate surface area is 246 Å². The van der Waals surface area contributed by atoms with E-state index in [1.165, 1.54) is 23.3 Å². The van der Waals surface area contributed by atoms with Crippen molar-refractivity contribution in [3.05, 3.63) is 94.4 Å². The van der Waals surface area contributed by atoms with E-state index in [2.05, 4.69) is 34.3 Å². The summed E-state index contributed by atoms with van der Waals surface area (Å²) in [5.41, 5.74) is 11.7. The third kappa shape index (κ3) is 7.95. The molecule has 2 N–H and O–H groups in total. The summed E-state index contributed by atoms with van der Waals surface area (Å²) in [4.78, 5) is 13.4. The number of carboxylic acid groups (broad SMARTS) is 1. The standard InChI is InChI=1S/C34H40FN3O4/c35-29-9-10-30-32(23-29)42-37-34(30)28-13-17-38(18-14-28)16-3-19-41-31-5-2-1-4-27(31)8-6-24-20-25(7-11-33(39)40)22-26(21-24)12-15-36/h1-2,4-5,9-10,20-23,28H,3,6-8,11-19,36H2,(H,39,40)/p-1. The van der Waals surface area contributed by atoms with E-state index in [0.717, 1.165) is 86.1 Å². The monoisotopic (exact) mass is 572 g/mol. The molecule has 0 atom stereocenters. The summed E-state index contributed by atoms with van der Waals surface area (Å²) in [5, 5.41) is 16.1. The Hall–Kier alpha value is -3.75. The molecule has 0 bridgehead atoms. The number of piperidine rings is 1. The van der Waals surface area contributed by atoms with Crippen LogP contribution in [0.5, 0.6) is 5.75 Å². The van der Waals surface area contributed by atoms with Crippen LogP contribution >= 0.6 is 0 Å². The number of carbonyl (C=O) groups is 1. The zero-order chi connectivity index (χ0) is 29.3. The lowest BCUT2D eigenvalue weighted by atomic mass is 9.91. The quantitative estimate of drug-likeness (QED) is 0.221. The molecule has 42 heavy (non-hydrogen) atoms. The lowest BCUT2D eigenvalue weighted by molar-refractivity contribution is -0.305. The summed E-state index contributed by atoms with van der Waals surface area (Å²) in [6.07, 6.45) is 5.86. The third-order valence-corrected chi connectivity index (χ3v) is 8.13. The number of carbonyl (C=O) groups excluding carboxylic acids is 1. The van der Waals surface area contributed by atoms with E-state index in [1.807, 2.05) is 18.2 Å². The molecule has 2 heterocycles. The highest BCUT2D eigenvalue weighted by Crippen LogP contribution is 2.33. The molecule has 0 radical (unpaired) electrons. The van der Waals surface area contributed by atoms with Crippen LogP contribution in [0.4, 0.5) is 4.39 Å². The molecule has 8 heteroatoms. The van der Waals surface area contributed by atoms with Crippen LogP contribution in [0.25, 0.3) is 11.0 Å². The number of benzene rings is 3. The van der Waals surface area contributed by atoms with Crippen LogP contribution in [0.15, 0.2) is 65.2 Å². The van der Waals surface area contributed by atoms with Crippen LogP contribution in [0.2, 0.25) is 0 Å². The maximum absolute atomic E-state index is 13.5. The number of fused-ring (bicyclic) bond motifs is 1. The summed E-state index contributed by atoms with van der Waals surface area (Å²) in [5.74, 6) is -0.0896. The van der Waals surface area contributed by atoms with Crippen LogP contribution < -0.4 is 15.6 Å². The van der Waals surface area contributed by atoms with E-state index < -0.39 is 5.97 Å². The molecule has 1 saturated heterocycles. The van der Waals surface area contributed by atoms with Crippen LogP contribution in [-0.2, 0) is 30.5 Å². The van der Waals surface area contributed by atoms with Gasteiger partial charge in [0.25, 0.3) is 0 Å². The first-order valence-corrected chi connectivity index (χ1v) is 15.0. The van der Waals surface area contributed by atoms with Crippen LogP contribution in [0.1, 0.15) is 59.5 Å². The zero-order valence-corrected chi connectivity index (χ0v) is 24.0. The van der Waals surface area contributed by atoms with Gasteiger partial charge in [0, 0.05) is 29.9 Å². The Bertz CT molecular complexity index is 1480. The molecular weight excluding hydrogens is 533 g/mol. The summed E-state index contributed by atoms with van der Waals surface area (Å²) in [6, 6.07) is 19.2. The molecule has 0 unspecified atom stereocenters. The van der Waals surface area contributed by atoms with Gasteiger partial charge in [-0.3, -0.25) is 0 Å². The first-order valence-electron chi connectivity index (χ1n) is 15.0. The molecule has 3 aromatic carbocycles. The van der Waals surface area contributed by atoms with E-state index >= 15 is 0 Å². The maximum Gasteiger partial charge on any atom is 0.170 e. The lowest BCUT2D eigenvalue weighted by Crippen LogP contribution is -2.34. The number of hydrogen-bond donors (Lipinski definition) is 1. The lowest BCUT2D eigenvalue weighted by Gasteiger charge is -2.31. The van der Waals surface area contributed by atoms with Crippen LogP contribution in [0, 0.1) is 5.82 Å². The summed E-state index contributed by atoms with van der Waals surface area (Å²) >= 11 is 0. The largest absolute Gasteiger partial charge is 0.550 e. The number of aliphatic carboxylic acids is 1. The minimum atomic E-state index is -1.03. The number of halogens is 1. The summed E-state index contributed by atoms with van der Waals surface area (Å²) < 4.78 is 25.1. The normalized spacial score (nSPS) is 14.4. The summed E-state index contributed by atoms with van der Waals surface area (Å²) in [6.45, 7) is 4.16. The third-order valence-electron chi connectivity index (χ3n) is 8.13. The van der Waals surface area contributed by atoms with Gasteiger partial charge in [0.15, 0.2) is 5.58 Å². The molecule has 1 aliphatic rings. The molecule has 1 aromatic heterocycles. The topological polar surface area (TPSA) is 105 Å². The van der Waals surface area contributed by atoms with E-state index in [-0.39, 0.29) is 12.2 Å². The van der Waals surface area contributed by atoms with Crippen molar-refractivity contribution in [2.45, 2.75) is 57.3 Å². The fourth-order valence-electron chi connectivity index (χ4n) is 5.94. The average molecular weight is 573 g/mol. The fraction of sp³-hybridized carbons (Fsp3) is 0.412. The number of aryl methyl sites for hydroxylation is 3. The zero-order valence-electron chi connectivity index (χ0n) is 24.0. The molecule has 0 aliphatic carbocycles. The first kappa shape index (κ1) is 29.7. The van der Waals surface area contributed by atoms with Crippen molar-refractivity contribution in [1.82, 2.24) is 10.1 Å². The van der Waals surface area contributed by atoms with Gasteiger partial charge in [-0.25, -0.2) is 4.39 Å². The van der Waals surface area contributed by atoms with Crippen molar-refractivity contribution in [1.29, 1.82) is 0 Å². The van der Waals surface area contributed by atoms with Crippen molar-refractivity contribution < 1.29 is 23.6 Å². The second kappa shape index (κ2) is 14.4. The van der Waals surface area contributed by atoms with Gasteiger partial charge >= 0.3 is 0 Å². The van der Waals surface area contributed by atoms with Gasteiger partial charge < -0.3 is 29.8 Å². The molecule has 7 nitrogen and oxygen atoms in total. The maximum atomic E-state index is 13.5. The molecular formula is C34H39FN3O4-. The average Bonchev–Trinajstić information content (AvgIpc) is 3.41. The molecule has 1 aliphatic heterocycles. The van der Waals surface area contributed by atoms with Gasteiger partial charge in [-0.2, -0.15) is 0 Å². The SMILES string of the molecule is NCCc1cc(CCC(=O)[O-])cc(CCc2ccccc2OCCCN2CCC(c3noc4cc(F)ccc34)CC2)c1. The highest BCUT2D eigenvalue weighted by atomic mass is 19.1. The van der Waals surface area contributed by atoms with Gasteiger partial charge in [0.2, 0.25) is 0 Å². The van der Waals surface area contributed by atoms with E-state index in [4.69, 9.17) is 15.0 Å². The number of ether oxygens (including phenoxy) is 1. The molecule has 4 aromatic rings. The van der Waals surface area contributed by atoms with Crippen molar-refractivity contribution in [3.63, 3.8) is 0 Å². The molecule has 0 spiro atoms. The van der Waals surface area contributed by atoms with Crippen molar-refractivity contribution in [2.75, 3.05) is 32.8 Å². The van der Waals surface area contributed by atoms with Gasteiger partial charge in [-0.15, -0.1) is 0 Å². The number of para-hydroxylation sites is 1. The number of nitrogens with zero attached hydrogens (tertiary/aromatic N) is 2. The number of rotatable bonds is 14. The molecule has 1 fully saturated rings. The molecule has 0 amide bonds. The van der Waals surface area contributed by atoms with Gasteiger partial charge in [-0.1, -0.05) is 41.6 Å². The minimum Gasteiger partial charge on any atom is -0.550 e. The second-order valence-electron chi connectivity index (χ2n) is 11.2. The van der Waals surface area contributed by atoms with Gasteiger partial charge in [-0.05, 0) is 111 Å². The predicted octanol–water partition coefficient (Wildman–Crippen LogP) is 4.58.